The summed E-state index contributed by atoms with van der Waals surface area (Å²) in [6.45, 7) is 4.30. The summed E-state index contributed by atoms with van der Waals surface area (Å²) in [5.74, 6) is 0.788. The largest absolute Gasteiger partial charge is 0.369 e. The van der Waals surface area contributed by atoms with Gasteiger partial charge >= 0.3 is 0 Å². The number of hydrogen-bond acceptors (Lipinski definition) is 8. The highest BCUT2D eigenvalue weighted by Crippen LogP contribution is 2.26. The molecule has 0 bridgehead atoms. The minimum absolute atomic E-state index is 0.320. The normalized spacial score (nSPS) is 14.2. The molecule has 10 nitrogen and oxygen atoms in total. The highest BCUT2D eigenvalue weighted by molar-refractivity contribution is 7.92. The molecule has 0 spiro atoms. The minimum Gasteiger partial charge on any atom is -0.369 e. The second-order valence-corrected chi connectivity index (χ2v) is 11.1. The van der Waals surface area contributed by atoms with Crippen molar-refractivity contribution in [3.63, 3.8) is 0 Å². The highest BCUT2D eigenvalue weighted by Gasteiger charge is 2.19. The molecule has 1 aliphatic heterocycles. The summed E-state index contributed by atoms with van der Waals surface area (Å²) in [5, 5.41) is 7.93. The highest BCUT2D eigenvalue weighted by atomic mass is 35.5. The van der Waals surface area contributed by atoms with Crippen LogP contribution in [0.15, 0.2) is 55.0 Å². The van der Waals surface area contributed by atoms with E-state index < -0.39 is 10.0 Å². The molecule has 0 unspecified atom stereocenters. The van der Waals surface area contributed by atoms with Crippen LogP contribution in [-0.4, -0.2) is 67.4 Å². The van der Waals surface area contributed by atoms with Crippen molar-refractivity contribution in [1.82, 2.24) is 24.8 Å². The monoisotopic (exact) mass is 526 g/mol. The van der Waals surface area contributed by atoms with Crippen LogP contribution in [0.4, 0.5) is 23.1 Å². The number of sulfonamides is 1. The number of hydrogen-bond donors (Lipinski definition) is 2. The molecule has 188 valence electrons. The van der Waals surface area contributed by atoms with E-state index in [-0.39, 0.29) is 0 Å². The van der Waals surface area contributed by atoms with Crippen LogP contribution in [0.25, 0.3) is 11.0 Å². The molecule has 1 aliphatic rings. The number of benzene rings is 1. The molecule has 0 aliphatic carbocycles. The second kappa shape index (κ2) is 9.92. The lowest BCUT2D eigenvalue weighted by atomic mass is 10.2. The Morgan fingerprint density at radius 2 is 1.86 bits per heavy atom. The van der Waals surface area contributed by atoms with E-state index in [0.717, 1.165) is 47.8 Å². The van der Waals surface area contributed by atoms with Gasteiger partial charge in [-0.05, 0) is 36.4 Å². The van der Waals surface area contributed by atoms with E-state index in [0.29, 0.717) is 34.5 Å². The summed E-state index contributed by atoms with van der Waals surface area (Å²) in [4.78, 5) is 15.8. The van der Waals surface area contributed by atoms with Crippen LogP contribution in [0.2, 0.25) is 5.02 Å². The lowest BCUT2D eigenvalue weighted by Crippen LogP contribution is -2.43. The fraction of sp³-hybridized carbons (Fsp3) is 0.292. The van der Waals surface area contributed by atoms with Crippen molar-refractivity contribution in [1.29, 1.82) is 0 Å². The Morgan fingerprint density at radius 1 is 1.11 bits per heavy atom. The van der Waals surface area contributed by atoms with Gasteiger partial charge in [-0.3, -0.25) is 4.31 Å². The molecule has 0 saturated carbocycles. The van der Waals surface area contributed by atoms with Gasteiger partial charge in [-0.2, -0.15) is 4.98 Å². The first kappa shape index (κ1) is 24.3. The van der Waals surface area contributed by atoms with E-state index in [2.05, 4.69) is 37.6 Å². The van der Waals surface area contributed by atoms with E-state index in [1.54, 1.807) is 12.3 Å². The Morgan fingerprint density at radius 3 is 2.58 bits per heavy atom. The van der Waals surface area contributed by atoms with Crippen molar-refractivity contribution in [3.05, 3.63) is 65.6 Å². The van der Waals surface area contributed by atoms with Gasteiger partial charge in [-0.15, -0.1) is 0 Å². The molecule has 0 radical (unpaired) electrons. The molecule has 1 fully saturated rings. The molecule has 5 rings (SSSR count). The fourth-order valence-electron chi connectivity index (χ4n) is 4.18. The van der Waals surface area contributed by atoms with Crippen molar-refractivity contribution >= 4 is 55.8 Å². The van der Waals surface area contributed by atoms with Crippen LogP contribution in [0.1, 0.15) is 5.56 Å². The summed E-state index contributed by atoms with van der Waals surface area (Å²) in [7, 11) is -2.01. The molecule has 1 aromatic carbocycles. The SMILES string of the molecule is CN(c1ncc(Cl)cc1Cn1ccc2cnc(Nc3ccc(N4CCNCC4)cc3)nc21)S(C)(=O)=O. The molecular weight excluding hydrogens is 500 g/mol. The molecule has 0 amide bonds. The lowest BCUT2D eigenvalue weighted by molar-refractivity contribution is 0.589. The number of nitrogens with zero attached hydrogens (tertiary/aromatic N) is 6. The lowest BCUT2D eigenvalue weighted by Gasteiger charge is -2.29. The number of anilines is 4. The van der Waals surface area contributed by atoms with Crippen molar-refractivity contribution in [2.75, 3.05) is 54.0 Å². The minimum atomic E-state index is -3.49. The van der Waals surface area contributed by atoms with Crippen molar-refractivity contribution < 1.29 is 8.42 Å². The van der Waals surface area contributed by atoms with Gasteiger partial charge in [0.1, 0.15) is 11.5 Å². The zero-order valence-corrected chi connectivity index (χ0v) is 21.6. The van der Waals surface area contributed by atoms with Crippen LogP contribution in [0.5, 0.6) is 0 Å². The maximum atomic E-state index is 12.1. The Labute approximate surface area is 215 Å². The van der Waals surface area contributed by atoms with Crippen molar-refractivity contribution in [3.8, 4) is 0 Å². The number of pyridine rings is 1. The van der Waals surface area contributed by atoms with Crippen LogP contribution >= 0.6 is 11.6 Å². The third-order valence-electron chi connectivity index (χ3n) is 6.15. The summed E-state index contributed by atoms with van der Waals surface area (Å²) in [6, 6.07) is 11.9. The Hall–Kier alpha value is -3.41. The number of fused-ring (bicyclic) bond motifs is 1. The van der Waals surface area contributed by atoms with Crippen molar-refractivity contribution in [2.45, 2.75) is 6.54 Å². The number of nitrogens with one attached hydrogen (secondary N) is 2. The molecule has 3 aromatic heterocycles. The molecule has 2 N–H and O–H groups in total. The average Bonchev–Trinajstić information content (AvgIpc) is 3.26. The van der Waals surface area contributed by atoms with Gasteiger partial charge in [0.05, 0.1) is 17.8 Å². The summed E-state index contributed by atoms with van der Waals surface area (Å²) in [5.41, 5.74) is 3.45. The standard InChI is InChI=1S/C24H27ClN8O2S/c1-31(36(2,34)35)22-18(13-19(25)15-27-22)16-33-10-7-17-14-28-24(30-23(17)33)29-20-3-5-21(6-4-20)32-11-8-26-9-12-32/h3-7,10,13-15,26H,8-9,11-12,16H2,1-2H3,(H,28,29,30). The molecule has 36 heavy (non-hydrogen) atoms. The fourth-order valence-corrected chi connectivity index (χ4v) is 4.84. The summed E-state index contributed by atoms with van der Waals surface area (Å²) >= 11 is 6.19. The predicted octanol–water partition coefficient (Wildman–Crippen LogP) is 3.08. The topological polar surface area (TPSA) is 108 Å². The molecule has 1 saturated heterocycles. The van der Waals surface area contributed by atoms with Gasteiger partial charge in [-0.25, -0.2) is 18.4 Å². The van der Waals surface area contributed by atoms with Gasteiger partial charge < -0.3 is 20.1 Å². The van der Waals surface area contributed by atoms with Crippen LogP contribution < -0.4 is 19.8 Å². The second-order valence-electron chi connectivity index (χ2n) is 8.69. The predicted molar refractivity (Wildman–Crippen MR) is 144 cm³/mol. The van der Waals surface area contributed by atoms with Gasteiger partial charge in [0.15, 0.2) is 0 Å². The number of aromatic nitrogens is 4. The Balaban J connectivity index is 1.39. The zero-order chi connectivity index (χ0) is 25.3. The molecular formula is C24H27ClN8O2S. The number of rotatable bonds is 7. The van der Waals surface area contributed by atoms with Crippen molar-refractivity contribution in [2.24, 2.45) is 0 Å². The quantitative estimate of drug-likeness (QED) is 0.378. The molecule has 0 atom stereocenters. The van der Waals surface area contributed by atoms with Crippen LogP contribution in [0, 0.1) is 0 Å². The average molecular weight is 527 g/mol. The smallest absolute Gasteiger partial charge is 0.233 e. The van der Waals surface area contributed by atoms with Gasteiger partial charge in [-0.1, -0.05) is 11.6 Å². The third kappa shape index (κ3) is 5.23. The number of halogens is 1. The molecule has 4 heterocycles. The first-order valence-electron chi connectivity index (χ1n) is 11.5. The van der Waals surface area contributed by atoms with E-state index >= 15 is 0 Å². The summed E-state index contributed by atoms with van der Waals surface area (Å²) in [6.07, 6.45) is 6.22. The molecule has 12 heteroatoms. The van der Waals surface area contributed by atoms with E-state index in [1.165, 1.54) is 18.9 Å². The first-order chi connectivity index (χ1) is 17.3. The first-order valence-corrected chi connectivity index (χ1v) is 13.7. The van der Waals surface area contributed by atoms with Crippen LogP contribution in [0.3, 0.4) is 0 Å². The van der Waals surface area contributed by atoms with Gasteiger partial charge in [0.2, 0.25) is 16.0 Å². The van der Waals surface area contributed by atoms with E-state index in [1.807, 2.05) is 29.0 Å². The van der Waals surface area contributed by atoms with Gasteiger partial charge in [0, 0.05) is 74.1 Å². The van der Waals surface area contributed by atoms with Gasteiger partial charge in [0.25, 0.3) is 0 Å². The Bertz CT molecular complexity index is 1480. The number of piperazine rings is 1. The maximum Gasteiger partial charge on any atom is 0.233 e. The van der Waals surface area contributed by atoms with Crippen LogP contribution in [-0.2, 0) is 16.6 Å². The van der Waals surface area contributed by atoms with E-state index in [9.17, 15) is 8.42 Å². The third-order valence-corrected chi connectivity index (χ3v) is 7.53. The molecule has 4 aromatic rings. The van der Waals surface area contributed by atoms with E-state index in [4.69, 9.17) is 16.6 Å². The Kier molecular flexibility index (Phi) is 6.69. The summed E-state index contributed by atoms with van der Waals surface area (Å²) < 4.78 is 27.3. The maximum absolute atomic E-state index is 12.1. The zero-order valence-electron chi connectivity index (χ0n) is 20.0.